The lowest BCUT2D eigenvalue weighted by molar-refractivity contribution is 0.351. The summed E-state index contributed by atoms with van der Waals surface area (Å²) in [6, 6.07) is 7.64. The van der Waals surface area contributed by atoms with E-state index in [-0.39, 0.29) is 5.88 Å². The van der Waals surface area contributed by atoms with Gasteiger partial charge in [0.25, 0.3) is 0 Å². The minimum Gasteiger partial charge on any atom is -0.496 e. The molecule has 2 N–H and O–H groups in total. The van der Waals surface area contributed by atoms with Crippen molar-refractivity contribution < 1.29 is 14.2 Å². The highest BCUT2D eigenvalue weighted by atomic mass is 16.5. The normalized spacial score (nSPS) is 16.2. The van der Waals surface area contributed by atoms with E-state index in [2.05, 4.69) is 11.2 Å². The first-order valence-corrected chi connectivity index (χ1v) is 7.35. The van der Waals surface area contributed by atoms with E-state index in [4.69, 9.17) is 19.9 Å². The highest BCUT2D eigenvalue weighted by Crippen LogP contribution is 2.49. The van der Waals surface area contributed by atoms with Gasteiger partial charge >= 0.3 is 0 Å². The van der Waals surface area contributed by atoms with Crippen molar-refractivity contribution in [2.45, 2.75) is 12.8 Å². The summed E-state index contributed by atoms with van der Waals surface area (Å²) in [5.74, 6) is 1.32. The van der Waals surface area contributed by atoms with Gasteiger partial charge in [-0.15, -0.1) is 0 Å². The smallest absolute Gasteiger partial charge is 0.224 e. The lowest BCUT2D eigenvalue weighted by Crippen LogP contribution is -2.22. The summed E-state index contributed by atoms with van der Waals surface area (Å²) in [7, 11) is 4.93. The summed E-state index contributed by atoms with van der Waals surface area (Å²) < 4.78 is 18.3. The number of allylic oxidation sites excluding steroid dienone is 1. The molecule has 0 radical (unpaired) electrons. The van der Waals surface area contributed by atoms with Gasteiger partial charge in [-0.25, -0.2) is 4.68 Å². The maximum absolute atomic E-state index is 9.67. The topological polar surface area (TPSA) is 95.3 Å². The Balaban J connectivity index is 2.37. The Morgan fingerprint density at radius 1 is 1.25 bits per heavy atom. The van der Waals surface area contributed by atoms with Crippen LogP contribution in [0.15, 0.2) is 29.7 Å². The average Bonchev–Trinajstić information content (AvgIpc) is 2.86. The third kappa shape index (κ3) is 2.15. The molecule has 7 heteroatoms. The number of hydrogen-bond acceptors (Lipinski definition) is 6. The van der Waals surface area contributed by atoms with E-state index in [0.29, 0.717) is 23.0 Å². The van der Waals surface area contributed by atoms with Crippen LogP contribution in [0.5, 0.6) is 17.4 Å². The number of fused-ring (bicyclic) bond motifs is 1. The fourth-order valence-corrected chi connectivity index (χ4v) is 3.13. The van der Waals surface area contributed by atoms with E-state index >= 15 is 0 Å². The first-order chi connectivity index (χ1) is 11.5. The lowest BCUT2D eigenvalue weighted by Gasteiger charge is -2.26. The largest absolute Gasteiger partial charge is 0.496 e. The van der Waals surface area contributed by atoms with E-state index < -0.39 is 5.92 Å². The second kappa shape index (κ2) is 5.81. The number of nitriles is 1. The number of aryl methyl sites for hydroxylation is 2. The Morgan fingerprint density at radius 2 is 1.88 bits per heavy atom. The van der Waals surface area contributed by atoms with Crippen LogP contribution in [0.4, 0.5) is 0 Å². The summed E-state index contributed by atoms with van der Waals surface area (Å²) in [5, 5.41) is 14.1. The zero-order valence-electron chi connectivity index (χ0n) is 14.0. The van der Waals surface area contributed by atoms with E-state index in [0.717, 1.165) is 16.8 Å². The maximum atomic E-state index is 9.67. The molecule has 0 fully saturated rings. The van der Waals surface area contributed by atoms with Gasteiger partial charge in [0.2, 0.25) is 11.8 Å². The molecule has 0 saturated heterocycles. The summed E-state index contributed by atoms with van der Waals surface area (Å²) in [6.45, 7) is 1.87. The van der Waals surface area contributed by atoms with Crippen LogP contribution in [-0.4, -0.2) is 24.0 Å². The fourth-order valence-electron chi connectivity index (χ4n) is 3.13. The molecule has 0 bridgehead atoms. The molecule has 0 aliphatic carbocycles. The van der Waals surface area contributed by atoms with E-state index in [1.807, 2.05) is 25.1 Å². The Morgan fingerprint density at radius 3 is 2.42 bits per heavy atom. The average molecular weight is 326 g/mol. The predicted molar refractivity (Wildman–Crippen MR) is 86.8 cm³/mol. The van der Waals surface area contributed by atoms with Crippen molar-refractivity contribution in [1.29, 1.82) is 5.26 Å². The number of hydrogen-bond donors (Lipinski definition) is 1. The third-order valence-corrected chi connectivity index (χ3v) is 4.14. The molecule has 7 nitrogen and oxygen atoms in total. The lowest BCUT2D eigenvalue weighted by atomic mass is 9.83. The standard InChI is InChI=1S/C17H18N4O3/c1-9-13-14(15-11(22-3)6-5-7-12(15)23-4)10(8-18)16(19)24-17(13)21(2)20-9/h5-7,14H,19H2,1-4H3. The molecule has 1 aromatic carbocycles. The molecule has 1 aliphatic rings. The fraction of sp³-hybridized carbons (Fsp3) is 0.294. The molecule has 1 aliphatic heterocycles. The minimum absolute atomic E-state index is 0.0611. The number of nitrogens with two attached hydrogens (primary N) is 1. The Labute approximate surface area is 139 Å². The third-order valence-electron chi connectivity index (χ3n) is 4.14. The van der Waals surface area contributed by atoms with Crippen LogP contribution in [0.3, 0.4) is 0 Å². The minimum atomic E-state index is -0.474. The second-order valence-corrected chi connectivity index (χ2v) is 5.43. The van der Waals surface area contributed by atoms with Crippen molar-refractivity contribution >= 4 is 0 Å². The van der Waals surface area contributed by atoms with Crippen molar-refractivity contribution in [2.75, 3.05) is 14.2 Å². The molecule has 0 amide bonds. The van der Waals surface area contributed by atoms with Gasteiger partial charge in [0, 0.05) is 12.6 Å². The second-order valence-electron chi connectivity index (χ2n) is 5.43. The molecule has 0 spiro atoms. The Hall–Kier alpha value is -3.14. The van der Waals surface area contributed by atoms with Gasteiger partial charge in [-0.1, -0.05) is 6.07 Å². The first kappa shape index (κ1) is 15.7. The number of aromatic nitrogens is 2. The van der Waals surface area contributed by atoms with Crippen molar-refractivity contribution in [3.8, 4) is 23.4 Å². The van der Waals surface area contributed by atoms with Crippen LogP contribution in [0.2, 0.25) is 0 Å². The highest BCUT2D eigenvalue weighted by Gasteiger charge is 2.38. The molecule has 2 heterocycles. The Bertz CT molecular complexity index is 854. The zero-order chi connectivity index (χ0) is 17.4. The van der Waals surface area contributed by atoms with Gasteiger partial charge in [-0.2, -0.15) is 10.4 Å². The monoisotopic (exact) mass is 326 g/mol. The molecule has 1 atom stereocenters. The first-order valence-electron chi connectivity index (χ1n) is 7.35. The molecule has 3 rings (SSSR count). The number of nitrogens with zero attached hydrogens (tertiary/aromatic N) is 3. The molecular weight excluding hydrogens is 308 g/mol. The Kier molecular flexibility index (Phi) is 3.81. The summed E-state index contributed by atoms with van der Waals surface area (Å²) in [5.41, 5.74) is 8.58. The molecular formula is C17H18N4O3. The van der Waals surface area contributed by atoms with Crippen molar-refractivity contribution in [3.05, 3.63) is 46.5 Å². The van der Waals surface area contributed by atoms with Crippen molar-refractivity contribution in [2.24, 2.45) is 12.8 Å². The van der Waals surface area contributed by atoms with E-state index in [9.17, 15) is 5.26 Å². The van der Waals surface area contributed by atoms with Crippen LogP contribution in [0.25, 0.3) is 0 Å². The molecule has 1 aromatic heterocycles. The SMILES string of the molecule is COc1cccc(OC)c1C1C(C#N)=C(N)Oc2c1c(C)nn2C. The summed E-state index contributed by atoms with van der Waals surface area (Å²) in [6.07, 6.45) is 0. The van der Waals surface area contributed by atoms with Crippen LogP contribution < -0.4 is 19.9 Å². The number of rotatable bonds is 3. The molecule has 0 saturated carbocycles. The molecule has 124 valence electrons. The number of benzene rings is 1. The van der Waals surface area contributed by atoms with Crippen LogP contribution in [0.1, 0.15) is 22.7 Å². The highest BCUT2D eigenvalue weighted by molar-refractivity contribution is 5.62. The quantitative estimate of drug-likeness (QED) is 0.926. The van der Waals surface area contributed by atoms with E-state index in [1.54, 1.807) is 25.9 Å². The molecule has 24 heavy (non-hydrogen) atoms. The van der Waals surface area contributed by atoms with Gasteiger partial charge in [0.1, 0.15) is 23.1 Å². The van der Waals surface area contributed by atoms with Crippen molar-refractivity contribution in [1.82, 2.24) is 9.78 Å². The number of methoxy groups -OCH3 is 2. The van der Waals surface area contributed by atoms with Crippen molar-refractivity contribution in [3.63, 3.8) is 0 Å². The van der Waals surface area contributed by atoms with Gasteiger partial charge < -0.3 is 19.9 Å². The van der Waals surface area contributed by atoms with Crippen LogP contribution in [0, 0.1) is 18.3 Å². The number of ether oxygens (including phenoxy) is 3. The van der Waals surface area contributed by atoms with Crippen LogP contribution in [-0.2, 0) is 7.05 Å². The maximum Gasteiger partial charge on any atom is 0.224 e. The molecule has 1 unspecified atom stereocenters. The van der Waals surface area contributed by atoms with Gasteiger partial charge in [0.05, 0.1) is 31.4 Å². The molecule has 2 aromatic rings. The van der Waals surface area contributed by atoms with Gasteiger partial charge in [-0.3, -0.25) is 0 Å². The van der Waals surface area contributed by atoms with E-state index in [1.165, 1.54) is 0 Å². The zero-order valence-corrected chi connectivity index (χ0v) is 14.0. The summed E-state index contributed by atoms with van der Waals surface area (Å²) >= 11 is 0. The van der Waals surface area contributed by atoms with Crippen LogP contribution >= 0.6 is 0 Å². The summed E-state index contributed by atoms with van der Waals surface area (Å²) in [4.78, 5) is 0. The van der Waals surface area contributed by atoms with Gasteiger partial charge in [0.15, 0.2) is 0 Å². The van der Waals surface area contributed by atoms with Gasteiger partial charge in [-0.05, 0) is 19.1 Å². The predicted octanol–water partition coefficient (Wildman–Crippen LogP) is 1.96.